The molecule has 1 aliphatic heterocycles. The molecule has 9 nitrogen and oxygen atoms in total. The van der Waals surface area contributed by atoms with Crippen LogP contribution in [0.4, 0.5) is 11.4 Å². The SMILES string of the molecule is CC(C)NS(=O)(=O)c1ccc(Cl)c(C(=O)Nc2ccc(NC(=O)CN3CCOCC3)cc2)c1. The lowest BCUT2D eigenvalue weighted by Gasteiger charge is -2.25. The molecule has 0 aliphatic carbocycles. The molecule has 1 fully saturated rings. The van der Waals surface area contributed by atoms with E-state index in [1.807, 2.05) is 4.90 Å². The van der Waals surface area contributed by atoms with Crippen molar-refractivity contribution in [2.75, 3.05) is 43.5 Å². The van der Waals surface area contributed by atoms with Crippen molar-refractivity contribution in [2.24, 2.45) is 0 Å². The van der Waals surface area contributed by atoms with E-state index in [2.05, 4.69) is 15.4 Å². The number of hydrogen-bond acceptors (Lipinski definition) is 6. The van der Waals surface area contributed by atoms with Crippen LogP contribution in [0.1, 0.15) is 24.2 Å². The van der Waals surface area contributed by atoms with Gasteiger partial charge in [-0.15, -0.1) is 0 Å². The third-order valence-electron chi connectivity index (χ3n) is 4.78. The van der Waals surface area contributed by atoms with Crippen LogP contribution in [0.3, 0.4) is 0 Å². The molecule has 1 aliphatic rings. The summed E-state index contributed by atoms with van der Waals surface area (Å²) in [5.74, 6) is -0.681. The molecule has 2 aromatic rings. The van der Waals surface area contributed by atoms with Crippen LogP contribution < -0.4 is 15.4 Å². The van der Waals surface area contributed by atoms with E-state index in [1.165, 1.54) is 18.2 Å². The van der Waals surface area contributed by atoms with Crippen LogP contribution in [0.15, 0.2) is 47.4 Å². The number of ether oxygens (including phenoxy) is 1. The Morgan fingerprint density at radius 1 is 1.03 bits per heavy atom. The summed E-state index contributed by atoms with van der Waals surface area (Å²) in [5, 5.41) is 5.64. The number of carbonyl (C=O) groups excluding carboxylic acids is 2. The van der Waals surface area contributed by atoms with Gasteiger partial charge in [-0.05, 0) is 56.3 Å². The first-order chi connectivity index (χ1) is 15.6. The maximum absolute atomic E-state index is 12.7. The first kappa shape index (κ1) is 25.1. The Morgan fingerprint density at radius 2 is 1.64 bits per heavy atom. The summed E-state index contributed by atoms with van der Waals surface area (Å²) >= 11 is 6.14. The smallest absolute Gasteiger partial charge is 0.257 e. The summed E-state index contributed by atoms with van der Waals surface area (Å²) in [6.07, 6.45) is 0. The second-order valence-corrected chi connectivity index (χ2v) is 10.0. The standard InChI is InChI=1S/C22H27ClN4O5S/c1-15(2)26-33(30,31)18-7-8-20(23)19(13-18)22(29)25-17-5-3-16(4-6-17)24-21(28)14-27-9-11-32-12-10-27/h3-8,13,15,26H,9-12,14H2,1-2H3,(H,24,28)(H,25,29). The first-order valence-corrected chi connectivity index (χ1v) is 12.3. The summed E-state index contributed by atoms with van der Waals surface area (Å²) in [5.41, 5.74) is 1.10. The third-order valence-corrected chi connectivity index (χ3v) is 6.77. The maximum Gasteiger partial charge on any atom is 0.257 e. The van der Waals surface area contributed by atoms with Crippen LogP contribution in [-0.4, -0.2) is 64.0 Å². The molecule has 178 valence electrons. The predicted molar refractivity (Wildman–Crippen MR) is 127 cm³/mol. The number of amides is 2. The molecule has 3 rings (SSSR count). The van der Waals surface area contributed by atoms with Gasteiger partial charge in [-0.25, -0.2) is 13.1 Å². The number of benzene rings is 2. The average molecular weight is 495 g/mol. The van der Waals surface area contributed by atoms with Crippen LogP contribution in [0.5, 0.6) is 0 Å². The van der Waals surface area contributed by atoms with E-state index in [4.69, 9.17) is 16.3 Å². The van der Waals surface area contributed by atoms with Crippen molar-refractivity contribution in [1.82, 2.24) is 9.62 Å². The van der Waals surface area contributed by atoms with E-state index in [9.17, 15) is 18.0 Å². The topological polar surface area (TPSA) is 117 Å². The molecule has 0 bridgehead atoms. The van der Waals surface area contributed by atoms with Crippen molar-refractivity contribution in [1.29, 1.82) is 0 Å². The number of halogens is 1. The molecule has 11 heteroatoms. The summed E-state index contributed by atoms with van der Waals surface area (Å²) in [6.45, 7) is 6.37. The van der Waals surface area contributed by atoms with Gasteiger partial charge in [-0.2, -0.15) is 0 Å². The predicted octanol–water partition coefficient (Wildman–Crippen LogP) is 2.55. The second-order valence-electron chi connectivity index (χ2n) is 7.89. The molecule has 1 saturated heterocycles. The van der Waals surface area contributed by atoms with Crippen molar-refractivity contribution in [2.45, 2.75) is 24.8 Å². The number of nitrogens with zero attached hydrogens (tertiary/aromatic N) is 1. The highest BCUT2D eigenvalue weighted by molar-refractivity contribution is 7.89. The largest absolute Gasteiger partial charge is 0.379 e. The van der Waals surface area contributed by atoms with Crippen molar-refractivity contribution >= 4 is 44.8 Å². The van der Waals surface area contributed by atoms with E-state index in [0.29, 0.717) is 24.6 Å². The van der Waals surface area contributed by atoms with Crippen molar-refractivity contribution in [3.8, 4) is 0 Å². The Labute approximate surface area is 198 Å². The van der Waals surface area contributed by atoms with Crippen molar-refractivity contribution in [3.63, 3.8) is 0 Å². The van der Waals surface area contributed by atoms with E-state index < -0.39 is 15.9 Å². The van der Waals surface area contributed by atoms with Crippen molar-refractivity contribution < 1.29 is 22.7 Å². The lowest BCUT2D eigenvalue weighted by atomic mass is 10.2. The average Bonchev–Trinajstić information content (AvgIpc) is 2.75. The number of sulfonamides is 1. The Morgan fingerprint density at radius 3 is 2.24 bits per heavy atom. The zero-order valence-corrected chi connectivity index (χ0v) is 20.0. The Bertz CT molecular complexity index is 1100. The van der Waals surface area contributed by atoms with Gasteiger partial charge >= 0.3 is 0 Å². The zero-order valence-electron chi connectivity index (χ0n) is 18.4. The first-order valence-electron chi connectivity index (χ1n) is 10.5. The van der Waals surface area contributed by atoms with E-state index in [1.54, 1.807) is 38.1 Å². The van der Waals surface area contributed by atoms with Crippen LogP contribution in [0.2, 0.25) is 5.02 Å². The lowest BCUT2D eigenvalue weighted by Crippen LogP contribution is -2.41. The highest BCUT2D eigenvalue weighted by Gasteiger charge is 2.20. The van der Waals surface area contributed by atoms with Crippen LogP contribution in [0.25, 0.3) is 0 Å². The molecule has 0 unspecified atom stereocenters. The lowest BCUT2D eigenvalue weighted by molar-refractivity contribution is -0.118. The highest BCUT2D eigenvalue weighted by atomic mass is 35.5. The summed E-state index contributed by atoms with van der Waals surface area (Å²) in [6, 6.07) is 10.3. The van der Waals surface area contributed by atoms with Gasteiger partial charge in [0.25, 0.3) is 5.91 Å². The minimum atomic E-state index is -3.77. The van der Waals surface area contributed by atoms with Gasteiger partial charge in [0.05, 0.1) is 35.2 Å². The van der Waals surface area contributed by atoms with Gasteiger partial charge in [0.15, 0.2) is 0 Å². The van der Waals surface area contributed by atoms with Crippen molar-refractivity contribution in [3.05, 3.63) is 53.1 Å². The Kier molecular flexibility index (Phi) is 8.44. The molecule has 0 spiro atoms. The van der Waals surface area contributed by atoms with Gasteiger partial charge in [0.1, 0.15) is 0 Å². The second kappa shape index (κ2) is 11.1. The normalized spacial score (nSPS) is 14.8. The fourth-order valence-electron chi connectivity index (χ4n) is 3.22. The molecule has 0 aromatic heterocycles. The van der Waals surface area contributed by atoms with E-state index >= 15 is 0 Å². The maximum atomic E-state index is 12.7. The molecule has 2 aromatic carbocycles. The van der Waals surface area contributed by atoms with E-state index in [-0.39, 0.29) is 34.0 Å². The molecular formula is C22H27ClN4O5S. The monoisotopic (exact) mass is 494 g/mol. The van der Waals surface area contributed by atoms with E-state index in [0.717, 1.165) is 13.1 Å². The van der Waals surface area contributed by atoms with Gasteiger partial charge in [-0.1, -0.05) is 11.6 Å². The number of anilines is 2. The number of morpholine rings is 1. The molecule has 0 saturated carbocycles. The van der Waals surface area contributed by atoms with Gasteiger partial charge < -0.3 is 15.4 Å². The minimum Gasteiger partial charge on any atom is -0.379 e. The number of hydrogen-bond donors (Lipinski definition) is 3. The molecule has 2 amide bonds. The fraction of sp³-hybridized carbons (Fsp3) is 0.364. The van der Waals surface area contributed by atoms with Crippen LogP contribution >= 0.6 is 11.6 Å². The molecule has 3 N–H and O–H groups in total. The summed E-state index contributed by atoms with van der Waals surface area (Å²) < 4.78 is 32.6. The molecule has 0 atom stereocenters. The molecule has 0 radical (unpaired) electrons. The van der Waals surface area contributed by atoms with Gasteiger partial charge in [0.2, 0.25) is 15.9 Å². The molecule has 33 heavy (non-hydrogen) atoms. The Balaban J connectivity index is 1.63. The Hall–Kier alpha value is -2.50. The zero-order chi connectivity index (χ0) is 24.0. The van der Waals surface area contributed by atoms with Gasteiger partial charge in [0, 0.05) is 30.5 Å². The number of nitrogens with one attached hydrogen (secondary N) is 3. The van der Waals surface area contributed by atoms with Gasteiger partial charge in [-0.3, -0.25) is 14.5 Å². The van der Waals surface area contributed by atoms with Crippen LogP contribution in [-0.2, 0) is 19.6 Å². The minimum absolute atomic E-state index is 0.0335. The highest BCUT2D eigenvalue weighted by Crippen LogP contribution is 2.23. The molecular weight excluding hydrogens is 468 g/mol. The van der Waals surface area contributed by atoms with Crippen LogP contribution in [0, 0.1) is 0 Å². The molecule has 1 heterocycles. The third kappa shape index (κ3) is 7.24. The fourth-order valence-corrected chi connectivity index (χ4v) is 4.70. The number of rotatable bonds is 8. The summed E-state index contributed by atoms with van der Waals surface area (Å²) in [4.78, 5) is 26.9. The quantitative estimate of drug-likeness (QED) is 0.519. The number of carbonyl (C=O) groups is 2. The summed E-state index contributed by atoms with van der Waals surface area (Å²) in [7, 11) is -3.77.